The fourth-order valence-corrected chi connectivity index (χ4v) is 3.21. The van der Waals surface area contributed by atoms with E-state index in [1.165, 1.54) is 12.1 Å². The number of aliphatic hydroxyl groups is 1. The number of benzene rings is 1. The van der Waals surface area contributed by atoms with Gasteiger partial charge in [-0.2, -0.15) is 0 Å². The number of nitrogens with one attached hydrogen (secondary N) is 1. The highest BCUT2D eigenvalue weighted by Crippen LogP contribution is 2.42. The minimum atomic E-state index is -3.35. The predicted octanol–water partition coefficient (Wildman–Crippen LogP) is 3.22. The Labute approximate surface area is 136 Å². The molecule has 0 spiro atoms. The molecule has 2 N–H and O–H groups in total. The first-order valence-electron chi connectivity index (χ1n) is 6.44. The summed E-state index contributed by atoms with van der Waals surface area (Å²) >= 11 is 18.0. The van der Waals surface area contributed by atoms with Crippen LogP contribution in [0.1, 0.15) is 11.6 Å². The molecule has 0 aromatic heterocycles. The van der Waals surface area contributed by atoms with E-state index in [0.717, 1.165) is 0 Å². The molecule has 0 radical (unpaired) electrons. The number of alkyl halides is 2. The van der Waals surface area contributed by atoms with Gasteiger partial charge in [0.2, 0.25) is 0 Å². The molecule has 1 atom stereocenters. The normalized spacial score (nSPS) is 18.8. The van der Waals surface area contributed by atoms with E-state index in [9.17, 15) is 8.78 Å². The Bertz CT molecular complexity index is 510. The monoisotopic (exact) mass is 358 g/mol. The molecule has 8 heteroatoms. The zero-order valence-electron chi connectivity index (χ0n) is 11.1. The molecule has 1 fully saturated rings. The lowest BCUT2D eigenvalue weighted by Gasteiger charge is -2.39. The van der Waals surface area contributed by atoms with Crippen molar-refractivity contribution in [3.8, 4) is 0 Å². The number of aliphatic hydroxyl groups excluding tert-OH is 1. The third-order valence-corrected chi connectivity index (χ3v) is 4.48. The topological polar surface area (TPSA) is 35.5 Å². The summed E-state index contributed by atoms with van der Waals surface area (Å²) in [6, 6.07) is 1.42. The summed E-state index contributed by atoms with van der Waals surface area (Å²) in [5, 5.41) is 12.6. The van der Waals surface area contributed by atoms with E-state index in [1.807, 2.05) is 0 Å². The molecule has 3 nitrogen and oxygen atoms in total. The summed E-state index contributed by atoms with van der Waals surface area (Å²) < 4.78 is 28.5. The Morgan fingerprint density at radius 1 is 1.24 bits per heavy atom. The summed E-state index contributed by atoms with van der Waals surface area (Å²) in [4.78, 5) is 1.58. The van der Waals surface area contributed by atoms with E-state index < -0.39 is 18.6 Å². The van der Waals surface area contributed by atoms with E-state index in [0.29, 0.717) is 26.2 Å². The minimum absolute atomic E-state index is 0.0396. The van der Waals surface area contributed by atoms with Crippen LogP contribution in [0.5, 0.6) is 0 Å². The van der Waals surface area contributed by atoms with E-state index in [1.54, 1.807) is 4.90 Å². The number of hydrogen-bond donors (Lipinski definition) is 2. The molecule has 1 aromatic carbocycles. The van der Waals surface area contributed by atoms with Crippen molar-refractivity contribution in [2.24, 2.45) is 0 Å². The van der Waals surface area contributed by atoms with Gasteiger partial charge < -0.3 is 10.4 Å². The lowest BCUT2D eigenvalue weighted by Crippen LogP contribution is -2.51. The first kappa shape index (κ1) is 17.2. The van der Waals surface area contributed by atoms with Gasteiger partial charge in [-0.1, -0.05) is 34.8 Å². The zero-order valence-corrected chi connectivity index (χ0v) is 13.3. The molecule has 118 valence electrons. The van der Waals surface area contributed by atoms with E-state index in [4.69, 9.17) is 39.9 Å². The molecule has 0 aliphatic carbocycles. The number of halogens is 5. The molecule has 1 aromatic rings. The van der Waals surface area contributed by atoms with Crippen LogP contribution in [0.25, 0.3) is 0 Å². The van der Waals surface area contributed by atoms with Gasteiger partial charge in [0.15, 0.2) is 0 Å². The molecule has 1 heterocycles. The maximum atomic E-state index is 14.3. The van der Waals surface area contributed by atoms with Crippen LogP contribution in [0.2, 0.25) is 15.1 Å². The molecule has 1 aliphatic rings. The van der Waals surface area contributed by atoms with Crippen LogP contribution >= 0.6 is 34.8 Å². The summed E-state index contributed by atoms with van der Waals surface area (Å²) in [7, 11) is 0. The van der Waals surface area contributed by atoms with Crippen molar-refractivity contribution in [2.45, 2.75) is 12.0 Å². The molecule has 0 amide bonds. The molecular formula is C13H15Cl3F2N2O. The molecule has 0 bridgehead atoms. The molecule has 1 aliphatic heterocycles. The van der Waals surface area contributed by atoms with Crippen molar-refractivity contribution in [2.75, 3.05) is 32.8 Å². The molecule has 0 unspecified atom stereocenters. The fourth-order valence-electron chi connectivity index (χ4n) is 2.49. The standard InChI is InChI=1S/C13H15Cl3F2N2O/c14-8-5-9(11(16)10(15)6-8)12(13(17,18)7-21)20-3-1-19-2-4-20/h5-6,12,19,21H,1-4,7H2/t12-/m0/s1. The first-order chi connectivity index (χ1) is 9.86. The second-order valence-corrected chi connectivity index (χ2v) is 6.12. The van der Waals surface area contributed by atoms with Gasteiger partial charge in [-0.05, 0) is 17.7 Å². The SMILES string of the molecule is OCC(F)(F)[C@H](c1cc(Cl)cc(Cl)c1Cl)N1CCNCC1. The third kappa shape index (κ3) is 3.78. The number of nitrogens with zero attached hydrogens (tertiary/aromatic N) is 1. The van der Waals surface area contributed by atoms with Crippen LogP contribution in [0.15, 0.2) is 12.1 Å². The van der Waals surface area contributed by atoms with Crippen molar-refractivity contribution in [1.29, 1.82) is 0 Å². The van der Waals surface area contributed by atoms with Crippen LogP contribution in [0.4, 0.5) is 8.78 Å². The summed E-state index contributed by atoms with van der Waals surface area (Å²) in [5.41, 5.74) is 0.134. The van der Waals surface area contributed by atoms with Crippen LogP contribution < -0.4 is 5.32 Å². The Morgan fingerprint density at radius 2 is 1.86 bits per heavy atom. The average molecular weight is 360 g/mol. The zero-order chi connectivity index (χ0) is 15.6. The van der Waals surface area contributed by atoms with Gasteiger partial charge in [0.25, 0.3) is 5.92 Å². The molecular weight excluding hydrogens is 345 g/mol. The van der Waals surface area contributed by atoms with E-state index >= 15 is 0 Å². The summed E-state index contributed by atoms with van der Waals surface area (Å²) in [6.07, 6.45) is 0. The van der Waals surface area contributed by atoms with Crippen LogP contribution in [0, 0.1) is 0 Å². The highest BCUT2D eigenvalue weighted by atomic mass is 35.5. The van der Waals surface area contributed by atoms with Crippen LogP contribution in [-0.2, 0) is 0 Å². The quantitative estimate of drug-likeness (QED) is 0.810. The first-order valence-corrected chi connectivity index (χ1v) is 7.58. The Hall–Kier alpha value is -0.170. The number of hydrogen-bond acceptors (Lipinski definition) is 3. The fraction of sp³-hybridized carbons (Fsp3) is 0.538. The largest absolute Gasteiger partial charge is 0.390 e. The molecule has 21 heavy (non-hydrogen) atoms. The Balaban J connectivity index is 2.49. The van der Waals surface area contributed by atoms with Gasteiger partial charge in [-0.25, -0.2) is 8.78 Å². The molecule has 1 saturated heterocycles. The molecule has 0 saturated carbocycles. The van der Waals surface area contributed by atoms with Crippen LogP contribution in [0.3, 0.4) is 0 Å². The lowest BCUT2D eigenvalue weighted by atomic mass is 9.98. The van der Waals surface area contributed by atoms with Gasteiger partial charge in [0, 0.05) is 31.2 Å². The van der Waals surface area contributed by atoms with Gasteiger partial charge >= 0.3 is 0 Å². The van der Waals surface area contributed by atoms with Crippen LogP contribution in [-0.4, -0.2) is 48.7 Å². The van der Waals surface area contributed by atoms with E-state index in [2.05, 4.69) is 5.32 Å². The van der Waals surface area contributed by atoms with Gasteiger partial charge in [-0.3, -0.25) is 4.90 Å². The predicted molar refractivity (Wildman–Crippen MR) is 80.7 cm³/mol. The maximum absolute atomic E-state index is 14.3. The third-order valence-electron chi connectivity index (χ3n) is 3.44. The Kier molecular flexibility index (Phi) is 5.68. The number of rotatable bonds is 4. The highest BCUT2D eigenvalue weighted by Gasteiger charge is 2.45. The average Bonchev–Trinajstić information content (AvgIpc) is 2.45. The lowest BCUT2D eigenvalue weighted by molar-refractivity contribution is -0.118. The van der Waals surface area contributed by atoms with Crippen molar-refractivity contribution in [3.63, 3.8) is 0 Å². The van der Waals surface area contributed by atoms with Gasteiger partial charge in [-0.15, -0.1) is 0 Å². The minimum Gasteiger partial charge on any atom is -0.390 e. The van der Waals surface area contributed by atoms with Crippen molar-refractivity contribution in [1.82, 2.24) is 10.2 Å². The Morgan fingerprint density at radius 3 is 2.43 bits per heavy atom. The number of piperazine rings is 1. The van der Waals surface area contributed by atoms with Gasteiger partial charge in [0.1, 0.15) is 12.6 Å². The highest BCUT2D eigenvalue weighted by molar-refractivity contribution is 6.43. The van der Waals surface area contributed by atoms with Gasteiger partial charge in [0.05, 0.1) is 10.0 Å². The smallest absolute Gasteiger partial charge is 0.289 e. The van der Waals surface area contributed by atoms with Crippen molar-refractivity contribution < 1.29 is 13.9 Å². The second kappa shape index (κ2) is 6.94. The summed E-state index contributed by atoms with van der Waals surface area (Å²) in [5.74, 6) is -3.35. The van der Waals surface area contributed by atoms with Crippen molar-refractivity contribution in [3.05, 3.63) is 32.8 Å². The van der Waals surface area contributed by atoms with Crippen molar-refractivity contribution >= 4 is 34.8 Å². The van der Waals surface area contributed by atoms with E-state index in [-0.39, 0.29) is 20.6 Å². The second-order valence-electron chi connectivity index (χ2n) is 4.90. The molecule has 2 rings (SSSR count). The maximum Gasteiger partial charge on any atom is 0.289 e. The summed E-state index contributed by atoms with van der Waals surface area (Å²) in [6.45, 7) is 0.733.